The van der Waals surface area contributed by atoms with Crippen LogP contribution in [-0.2, 0) is 9.53 Å². The van der Waals surface area contributed by atoms with Crippen molar-refractivity contribution in [2.24, 2.45) is 0 Å². The van der Waals surface area contributed by atoms with Gasteiger partial charge < -0.3 is 25.2 Å². The molecule has 1 unspecified atom stereocenters. The van der Waals surface area contributed by atoms with E-state index in [1.165, 1.54) is 104 Å². The molecule has 0 saturated carbocycles. The standard InChI is InChI=1S/C24H47N2O5P/c1-4-5-6-7-8-9-10-11-12-13-14-15-16-17-18-19-20-31-24(28)25-21(2)23(27)26-22(3)32(29)30/h19-22,29-30H,4-18H2,1-3H3,(H,25,28)(H,26,27)/t21-,22?/m0/s1. The number of hydrogen-bond acceptors (Lipinski definition) is 5. The molecule has 0 aromatic rings. The summed E-state index contributed by atoms with van der Waals surface area (Å²) in [6.45, 7) is 5.24. The maximum absolute atomic E-state index is 11.8. The van der Waals surface area contributed by atoms with Gasteiger partial charge in [0.1, 0.15) is 6.04 Å². The molecule has 7 nitrogen and oxygen atoms in total. The quantitative estimate of drug-likeness (QED) is 0.0948. The van der Waals surface area contributed by atoms with E-state index in [0.29, 0.717) is 0 Å². The summed E-state index contributed by atoms with van der Waals surface area (Å²) in [6.07, 6.45) is 21.9. The van der Waals surface area contributed by atoms with Gasteiger partial charge in [-0.1, -0.05) is 90.4 Å². The smallest absolute Gasteiger partial charge is 0.412 e. The van der Waals surface area contributed by atoms with Crippen molar-refractivity contribution in [3.8, 4) is 0 Å². The van der Waals surface area contributed by atoms with E-state index < -0.39 is 32.2 Å². The number of ether oxygens (including phenoxy) is 1. The van der Waals surface area contributed by atoms with Crippen LogP contribution in [0.3, 0.4) is 0 Å². The molecule has 0 rings (SSSR count). The second kappa shape index (κ2) is 21.7. The Morgan fingerprint density at radius 2 is 1.28 bits per heavy atom. The molecule has 188 valence electrons. The van der Waals surface area contributed by atoms with Gasteiger partial charge in [-0.25, -0.2) is 4.79 Å². The average Bonchev–Trinajstić information content (AvgIpc) is 2.75. The fourth-order valence-electron chi connectivity index (χ4n) is 3.30. The highest BCUT2D eigenvalue weighted by Gasteiger charge is 2.20. The van der Waals surface area contributed by atoms with Crippen molar-refractivity contribution in [2.75, 3.05) is 0 Å². The van der Waals surface area contributed by atoms with Crippen LogP contribution in [0.2, 0.25) is 0 Å². The fraction of sp³-hybridized carbons (Fsp3) is 0.833. The monoisotopic (exact) mass is 474 g/mol. The van der Waals surface area contributed by atoms with Gasteiger partial charge in [-0.05, 0) is 32.8 Å². The van der Waals surface area contributed by atoms with Crippen molar-refractivity contribution in [2.45, 2.75) is 129 Å². The molecule has 2 amide bonds. The number of unbranched alkanes of at least 4 members (excludes halogenated alkanes) is 14. The normalized spacial score (nSPS) is 13.3. The lowest BCUT2D eigenvalue weighted by Gasteiger charge is -2.18. The summed E-state index contributed by atoms with van der Waals surface area (Å²) in [6, 6.07) is -0.834. The van der Waals surface area contributed by atoms with Gasteiger partial charge in [0.05, 0.1) is 12.0 Å². The first-order valence-electron chi connectivity index (χ1n) is 12.5. The predicted octanol–water partition coefficient (Wildman–Crippen LogP) is 6.24. The van der Waals surface area contributed by atoms with Crippen LogP contribution in [-0.4, -0.2) is 33.6 Å². The molecule has 0 radical (unpaired) electrons. The molecule has 2 atom stereocenters. The second-order valence-corrected chi connectivity index (χ2v) is 9.95. The highest BCUT2D eigenvalue weighted by atomic mass is 31.2. The Labute approximate surface area is 196 Å². The van der Waals surface area contributed by atoms with Crippen LogP contribution in [0.5, 0.6) is 0 Å². The number of carbonyl (C=O) groups excluding carboxylic acids is 2. The molecule has 0 aromatic carbocycles. The number of rotatable bonds is 20. The number of alkyl carbamates (subject to hydrolysis) is 1. The van der Waals surface area contributed by atoms with Gasteiger partial charge in [0.2, 0.25) is 5.91 Å². The van der Waals surface area contributed by atoms with E-state index in [9.17, 15) is 9.59 Å². The third-order valence-electron chi connectivity index (χ3n) is 5.42. The van der Waals surface area contributed by atoms with Gasteiger partial charge in [-0.2, -0.15) is 0 Å². The van der Waals surface area contributed by atoms with Gasteiger partial charge >= 0.3 is 6.09 Å². The van der Waals surface area contributed by atoms with Gasteiger partial charge in [-0.3, -0.25) is 4.79 Å². The molecule has 0 aliphatic heterocycles. The molecule has 4 N–H and O–H groups in total. The molecule has 8 heteroatoms. The lowest BCUT2D eigenvalue weighted by molar-refractivity contribution is -0.122. The maximum Gasteiger partial charge on any atom is 0.412 e. The maximum atomic E-state index is 11.8. The number of carbonyl (C=O) groups is 2. The van der Waals surface area contributed by atoms with Gasteiger partial charge in [0.25, 0.3) is 0 Å². The third kappa shape index (κ3) is 19.5. The molecular weight excluding hydrogens is 427 g/mol. The highest BCUT2D eigenvalue weighted by molar-refractivity contribution is 7.45. The van der Waals surface area contributed by atoms with E-state index in [4.69, 9.17) is 14.5 Å². The van der Waals surface area contributed by atoms with E-state index in [0.717, 1.165) is 12.8 Å². The van der Waals surface area contributed by atoms with E-state index in [1.807, 2.05) is 6.08 Å². The molecule has 0 aliphatic carbocycles. The van der Waals surface area contributed by atoms with E-state index >= 15 is 0 Å². The Morgan fingerprint density at radius 3 is 1.75 bits per heavy atom. The Kier molecular flexibility index (Phi) is 20.9. The Hall–Kier alpha value is -1.17. The number of hydrogen-bond donors (Lipinski definition) is 4. The lowest BCUT2D eigenvalue weighted by atomic mass is 10.0. The first-order valence-corrected chi connectivity index (χ1v) is 13.8. The molecule has 0 fully saturated rings. The summed E-state index contributed by atoms with van der Waals surface area (Å²) < 4.78 is 4.93. The summed E-state index contributed by atoms with van der Waals surface area (Å²) in [5.41, 5.74) is 0. The molecule has 0 aliphatic rings. The minimum absolute atomic E-state index is 0.503. The van der Waals surface area contributed by atoms with Crippen LogP contribution in [0.15, 0.2) is 12.3 Å². The van der Waals surface area contributed by atoms with Gasteiger partial charge in [0, 0.05) is 0 Å². The minimum atomic E-state index is -2.25. The van der Waals surface area contributed by atoms with Crippen LogP contribution in [0.25, 0.3) is 0 Å². The summed E-state index contributed by atoms with van der Waals surface area (Å²) >= 11 is 0. The molecule has 0 heterocycles. The number of allylic oxidation sites excluding steroid dienone is 1. The fourth-order valence-corrected chi connectivity index (χ4v) is 3.54. The first-order chi connectivity index (χ1) is 15.4. The molecule has 0 spiro atoms. The van der Waals surface area contributed by atoms with E-state index in [1.54, 1.807) is 0 Å². The van der Waals surface area contributed by atoms with Crippen LogP contribution < -0.4 is 10.6 Å². The predicted molar refractivity (Wildman–Crippen MR) is 132 cm³/mol. The van der Waals surface area contributed by atoms with Crippen molar-refractivity contribution in [3.05, 3.63) is 12.3 Å². The first kappa shape index (κ1) is 30.8. The molecule has 0 aromatic heterocycles. The van der Waals surface area contributed by atoms with Crippen LogP contribution in [0, 0.1) is 0 Å². The topological polar surface area (TPSA) is 108 Å². The average molecular weight is 475 g/mol. The lowest BCUT2D eigenvalue weighted by Crippen LogP contribution is -2.46. The van der Waals surface area contributed by atoms with E-state index in [2.05, 4.69) is 17.6 Å². The summed E-state index contributed by atoms with van der Waals surface area (Å²) in [7, 11) is -2.25. The van der Waals surface area contributed by atoms with Crippen molar-refractivity contribution in [1.29, 1.82) is 0 Å². The molecule has 0 bridgehead atoms. The number of nitrogens with one attached hydrogen (secondary N) is 2. The van der Waals surface area contributed by atoms with Crippen molar-refractivity contribution in [3.63, 3.8) is 0 Å². The number of amides is 2. The molecule has 32 heavy (non-hydrogen) atoms. The van der Waals surface area contributed by atoms with E-state index in [-0.39, 0.29) is 0 Å². The highest BCUT2D eigenvalue weighted by Crippen LogP contribution is 2.28. The Bertz CT molecular complexity index is 503. The van der Waals surface area contributed by atoms with Crippen molar-refractivity contribution < 1.29 is 24.1 Å². The minimum Gasteiger partial charge on any atom is -0.419 e. The molecular formula is C24H47N2O5P. The van der Waals surface area contributed by atoms with Crippen molar-refractivity contribution in [1.82, 2.24) is 10.6 Å². The third-order valence-corrected chi connectivity index (χ3v) is 6.24. The zero-order valence-electron chi connectivity index (χ0n) is 20.5. The van der Waals surface area contributed by atoms with Gasteiger partial charge in [0.15, 0.2) is 8.38 Å². The Balaban J connectivity index is 3.51. The Morgan fingerprint density at radius 1 is 0.812 bits per heavy atom. The zero-order valence-corrected chi connectivity index (χ0v) is 21.4. The zero-order chi connectivity index (χ0) is 24.0. The van der Waals surface area contributed by atoms with Crippen LogP contribution in [0.1, 0.15) is 117 Å². The SMILES string of the molecule is CCCCCCCCCCCCCCCCC=COC(=O)N[C@@H](C)C(=O)NC(C)P(O)O. The van der Waals surface area contributed by atoms with Crippen molar-refractivity contribution >= 4 is 20.4 Å². The van der Waals surface area contributed by atoms with Crippen LogP contribution >= 0.6 is 8.38 Å². The summed E-state index contributed by atoms with van der Waals surface area (Å²) in [4.78, 5) is 41.6. The summed E-state index contributed by atoms with van der Waals surface area (Å²) in [5.74, 6) is -1.26. The van der Waals surface area contributed by atoms with Crippen LogP contribution in [0.4, 0.5) is 4.79 Å². The summed E-state index contributed by atoms with van der Waals surface area (Å²) in [5, 5.41) is 4.81. The largest absolute Gasteiger partial charge is 0.419 e. The van der Waals surface area contributed by atoms with Gasteiger partial charge in [-0.15, -0.1) is 0 Å². The second-order valence-electron chi connectivity index (χ2n) is 8.53. The molecule has 0 saturated heterocycles.